The Kier molecular flexibility index (Phi) is 5.65. The van der Waals surface area contributed by atoms with Gasteiger partial charge in [0, 0.05) is 19.0 Å². The molecule has 1 heterocycles. The van der Waals surface area contributed by atoms with Crippen LogP contribution in [0.15, 0.2) is 6.07 Å². The van der Waals surface area contributed by atoms with Crippen LogP contribution < -0.4 is 22.3 Å². The minimum Gasteiger partial charge on any atom is -0.466 e. The van der Waals surface area contributed by atoms with Crippen molar-refractivity contribution in [1.29, 1.82) is 0 Å². The van der Waals surface area contributed by atoms with Gasteiger partial charge < -0.3 is 21.2 Å². The van der Waals surface area contributed by atoms with E-state index in [1.54, 1.807) is 13.0 Å². The second-order valence-electron chi connectivity index (χ2n) is 3.48. The fourth-order valence-corrected chi connectivity index (χ4v) is 1.31. The summed E-state index contributed by atoms with van der Waals surface area (Å²) in [5, 5.41) is 3.02. The summed E-state index contributed by atoms with van der Waals surface area (Å²) in [6.07, 6.45) is 1.01. The molecule has 0 saturated heterocycles. The Morgan fingerprint density at radius 1 is 1.44 bits per heavy atom. The van der Waals surface area contributed by atoms with Crippen LogP contribution in [0.1, 0.15) is 19.8 Å². The maximum atomic E-state index is 11.1. The number of nitrogens with one attached hydrogen (secondary N) is 2. The molecule has 8 nitrogen and oxygen atoms in total. The third kappa shape index (κ3) is 4.83. The van der Waals surface area contributed by atoms with E-state index in [0.717, 1.165) is 0 Å². The van der Waals surface area contributed by atoms with Gasteiger partial charge in [0.1, 0.15) is 11.6 Å². The van der Waals surface area contributed by atoms with E-state index in [2.05, 4.69) is 20.7 Å². The van der Waals surface area contributed by atoms with Crippen molar-refractivity contribution in [3.63, 3.8) is 0 Å². The molecule has 18 heavy (non-hydrogen) atoms. The molecule has 0 aliphatic heterocycles. The molecule has 8 heteroatoms. The van der Waals surface area contributed by atoms with Gasteiger partial charge in [0.15, 0.2) is 0 Å². The summed E-state index contributed by atoms with van der Waals surface area (Å²) < 4.78 is 4.81. The maximum Gasteiger partial charge on any atom is 0.305 e. The van der Waals surface area contributed by atoms with Crippen LogP contribution in [0.25, 0.3) is 0 Å². The van der Waals surface area contributed by atoms with E-state index in [4.69, 9.17) is 16.3 Å². The number of rotatable bonds is 7. The SMILES string of the molecule is CCOC(=O)CCCNc1cc(NN)nc(N)n1. The van der Waals surface area contributed by atoms with Crippen molar-refractivity contribution in [2.45, 2.75) is 19.8 Å². The maximum absolute atomic E-state index is 11.1. The zero-order valence-corrected chi connectivity index (χ0v) is 10.3. The second kappa shape index (κ2) is 7.28. The summed E-state index contributed by atoms with van der Waals surface area (Å²) in [6, 6.07) is 1.63. The first kappa shape index (κ1) is 14.0. The van der Waals surface area contributed by atoms with Gasteiger partial charge in [-0.25, -0.2) is 5.84 Å². The lowest BCUT2D eigenvalue weighted by Crippen LogP contribution is -2.13. The molecule has 6 N–H and O–H groups in total. The van der Waals surface area contributed by atoms with Crippen molar-refractivity contribution in [1.82, 2.24) is 9.97 Å². The van der Waals surface area contributed by atoms with Gasteiger partial charge in [0.2, 0.25) is 5.95 Å². The van der Waals surface area contributed by atoms with Crippen molar-refractivity contribution in [2.75, 3.05) is 29.6 Å². The molecule has 0 atom stereocenters. The zero-order valence-electron chi connectivity index (χ0n) is 10.3. The quantitative estimate of drug-likeness (QED) is 0.233. The Hall–Kier alpha value is -2.09. The van der Waals surface area contributed by atoms with Crippen LogP contribution in [-0.4, -0.2) is 29.1 Å². The molecule has 0 aliphatic rings. The smallest absolute Gasteiger partial charge is 0.305 e. The van der Waals surface area contributed by atoms with Crippen LogP contribution in [0.4, 0.5) is 17.6 Å². The number of hydrogen-bond acceptors (Lipinski definition) is 8. The molecule has 0 unspecified atom stereocenters. The first-order valence-electron chi connectivity index (χ1n) is 5.66. The zero-order chi connectivity index (χ0) is 13.4. The number of carbonyl (C=O) groups excluding carboxylic acids is 1. The number of carbonyl (C=O) groups is 1. The van der Waals surface area contributed by atoms with Crippen molar-refractivity contribution < 1.29 is 9.53 Å². The standard InChI is InChI=1S/C10H18N6O2/c1-2-18-9(17)4-3-5-13-7-6-8(16-12)15-10(11)14-7/h6H,2-5,12H2,1H3,(H4,11,13,14,15,16). The molecule has 0 aliphatic carbocycles. The summed E-state index contributed by atoms with van der Waals surface area (Å²) in [5.41, 5.74) is 7.88. The van der Waals surface area contributed by atoms with Gasteiger partial charge >= 0.3 is 5.97 Å². The highest BCUT2D eigenvalue weighted by molar-refractivity contribution is 5.69. The summed E-state index contributed by atoms with van der Waals surface area (Å²) in [7, 11) is 0. The fourth-order valence-electron chi connectivity index (χ4n) is 1.31. The number of anilines is 3. The van der Waals surface area contributed by atoms with E-state index in [9.17, 15) is 4.79 Å². The van der Waals surface area contributed by atoms with E-state index >= 15 is 0 Å². The van der Waals surface area contributed by atoms with Gasteiger partial charge in [0.05, 0.1) is 6.61 Å². The topological polar surface area (TPSA) is 128 Å². The predicted molar refractivity (Wildman–Crippen MR) is 68.6 cm³/mol. The summed E-state index contributed by atoms with van der Waals surface area (Å²) in [4.78, 5) is 18.9. The van der Waals surface area contributed by atoms with Crippen molar-refractivity contribution in [3.05, 3.63) is 6.07 Å². The molecular formula is C10H18N6O2. The summed E-state index contributed by atoms with van der Waals surface area (Å²) >= 11 is 0. The normalized spacial score (nSPS) is 9.89. The van der Waals surface area contributed by atoms with E-state index in [1.165, 1.54) is 0 Å². The van der Waals surface area contributed by atoms with E-state index in [0.29, 0.717) is 37.6 Å². The molecule has 1 aromatic heterocycles. The monoisotopic (exact) mass is 254 g/mol. The van der Waals surface area contributed by atoms with Gasteiger partial charge in [-0.1, -0.05) is 0 Å². The number of hydrazine groups is 1. The van der Waals surface area contributed by atoms with Crippen LogP contribution in [0, 0.1) is 0 Å². The molecule has 1 rings (SSSR count). The molecule has 0 aromatic carbocycles. The van der Waals surface area contributed by atoms with Crippen LogP contribution in [-0.2, 0) is 9.53 Å². The summed E-state index contributed by atoms with van der Waals surface area (Å²) in [6.45, 7) is 2.76. The third-order valence-corrected chi connectivity index (χ3v) is 2.06. The minimum atomic E-state index is -0.203. The Labute approximate surface area is 105 Å². The molecule has 0 bridgehead atoms. The lowest BCUT2D eigenvalue weighted by molar-refractivity contribution is -0.143. The Morgan fingerprint density at radius 3 is 2.83 bits per heavy atom. The Morgan fingerprint density at radius 2 is 2.17 bits per heavy atom. The van der Waals surface area contributed by atoms with Gasteiger partial charge in [0.25, 0.3) is 0 Å². The van der Waals surface area contributed by atoms with Crippen LogP contribution >= 0.6 is 0 Å². The average Bonchev–Trinajstić information content (AvgIpc) is 2.34. The molecule has 0 saturated carbocycles. The van der Waals surface area contributed by atoms with E-state index in [-0.39, 0.29) is 11.9 Å². The van der Waals surface area contributed by atoms with E-state index in [1.807, 2.05) is 0 Å². The van der Waals surface area contributed by atoms with Gasteiger partial charge in [-0.15, -0.1) is 0 Å². The molecule has 100 valence electrons. The third-order valence-electron chi connectivity index (χ3n) is 2.06. The Balaban J connectivity index is 2.35. The average molecular weight is 254 g/mol. The molecule has 0 radical (unpaired) electrons. The fraction of sp³-hybridized carbons (Fsp3) is 0.500. The molecule has 0 amide bonds. The Bertz CT molecular complexity index is 398. The van der Waals surface area contributed by atoms with Crippen LogP contribution in [0.5, 0.6) is 0 Å². The lowest BCUT2D eigenvalue weighted by atomic mass is 10.3. The lowest BCUT2D eigenvalue weighted by Gasteiger charge is -2.07. The number of esters is 1. The van der Waals surface area contributed by atoms with Crippen molar-refractivity contribution in [3.8, 4) is 0 Å². The minimum absolute atomic E-state index is 0.123. The number of nitrogens with zero attached hydrogens (tertiary/aromatic N) is 2. The molecule has 0 fully saturated rings. The highest BCUT2D eigenvalue weighted by Crippen LogP contribution is 2.11. The van der Waals surface area contributed by atoms with Crippen LogP contribution in [0.2, 0.25) is 0 Å². The largest absolute Gasteiger partial charge is 0.466 e. The number of hydrogen-bond donors (Lipinski definition) is 4. The first-order chi connectivity index (χ1) is 8.65. The van der Waals surface area contributed by atoms with Gasteiger partial charge in [-0.3, -0.25) is 4.79 Å². The number of nitrogen functional groups attached to an aromatic ring is 2. The first-order valence-corrected chi connectivity index (χ1v) is 5.66. The molecular weight excluding hydrogens is 236 g/mol. The summed E-state index contributed by atoms with van der Waals surface area (Å²) in [5.74, 6) is 6.13. The highest BCUT2D eigenvalue weighted by atomic mass is 16.5. The van der Waals surface area contributed by atoms with E-state index < -0.39 is 0 Å². The van der Waals surface area contributed by atoms with Crippen molar-refractivity contribution >= 4 is 23.6 Å². The van der Waals surface area contributed by atoms with Gasteiger partial charge in [-0.2, -0.15) is 9.97 Å². The molecule has 0 spiro atoms. The highest BCUT2D eigenvalue weighted by Gasteiger charge is 2.03. The number of nitrogens with two attached hydrogens (primary N) is 2. The number of ether oxygens (including phenoxy) is 1. The predicted octanol–water partition coefficient (Wildman–Crippen LogP) is 0.0996. The number of aromatic nitrogens is 2. The van der Waals surface area contributed by atoms with Crippen LogP contribution in [0.3, 0.4) is 0 Å². The molecule has 1 aromatic rings. The van der Waals surface area contributed by atoms with Crippen molar-refractivity contribution in [2.24, 2.45) is 5.84 Å². The second-order valence-corrected chi connectivity index (χ2v) is 3.48. The van der Waals surface area contributed by atoms with Gasteiger partial charge in [-0.05, 0) is 13.3 Å².